The maximum Gasteiger partial charge on any atom is 0.306 e. The Balaban J connectivity index is 1.68. The van der Waals surface area contributed by atoms with E-state index in [0.717, 1.165) is 25.7 Å². The molecule has 1 aromatic carbocycles. The van der Waals surface area contributed by atoms with Crippen molar-refractivity contribution in [1.82, 2.24) is 5.32 Å². The highest BCUT2D eigenvalue weighted by Crippen LogP contribution is 2.29. The molecule has 114 valence electrons. The molecular weight excluding hydrogens is 266 g/mol. The Labute approximate surface area is 125 Å². The predicted molar refractivity (Wildman–Crippen MR) is 80.9 cm³/mol. The molecule has 2 N–H and O–H groups in total. The molecule has 1 aromatic rings. The zero-order chi connectivity index (χ0) is 15.1. The highest BCUT2D eigenvalue weighted by atomic mass is 16.4. The van der Waals surface area contributed by atoms with Crippen LogP contribution in [-0.4, -0.2) is 23.5 Å². The lowest BCUT2D eigenvalue weighted by Crippen LogP contribution is -2.36. The van der Waals surface area contributed by atoms with Gasteiger partial charge in [-0.25, -0.2) is 0 Å². The van der Waals surface area contributed by atoms with Crippen LogP contribution in [0.3, 0.4) is 0 Å². The number of carboxylic acids is 1. The van der Waals surface area contributed by atoms with E-state index in [2.05, 4.69) is 17.4 Å². The van der Waals surface area contributed by atoms with Crippen molar-refractivity contribution in [3.63, 3.8) is 0 Å². The molecule has 0 heterocycles. The number of aryl methyl sites for hydroxylation is 1. The van der Waals surface area contributed by atoms with Gasteiger partial charge in [-0.1, -0.05) is 36.8 Å². The van der Waals surface area contributed by atoms with Crippen molar-refractivity contribution in [2.75, 3.05) is 6.54 Å². The lowest BCUT2D eigenvalue weighted by Gasteiger charge is -2.25. The lowest BCUT2D eigenvalue weighted by molar-refractivity contribution is -0.144. The molecule has 4 nitrogen and oxygen atoms in total. The zero-order valence-corrected chi connectivity index (χ0v) is 12.3. The molecule has 1 fully saturated rings. The monoisotopic (exact) mass is 289 g/mol. The Morgan fingerprint density at radius 2 is 1.86 bits per heavy atom. The van der Waals surface area contributed by atoms with Crippen LogP contribution >= 0.6 is 0 Å². The second-order valence-corrected chi connectivity index (χ2v) is 5.78. The van der Waals surface area contributed by atoms with Crippen LogP contribution in [-0.2, 0) is 16.0 Å². The summed E-state index contributed by atoms with van der Waals surface area (Å²) >= 11 is 0. The van der Waals surface area contributed by atoms with Crippen LogP contribution in [0.15, 0.2) is 30.3 Å². The number of carbonyl (C=O) groups excluding carboxylic acids is 1. The van der Waals surface area contributed by atoms with Gasteiger partial charge in [0, 0.05) is 12.5 Å². The molecule has 0 saturated heterocycles. The molecular formula is C17H23NO3. The molecule has 0 radical (unpaired) electrons. The number of nitrogens with one attached hydrogen (secondary N) is 1. The third-order valence-electron chi connectivity index (χ3n) is 4.18. The summed E-state index contributed by atoms with van der Waals surface area (Å²) in [4.78, 5) is 23.1. The fraction of sp³-hybridized carbons (Fsp3) is 0.529. The average Bonchev–Trinajstić information content (AvgIpc) is 2.52. The molecule has 21 heavy (non-hydrogen) atoms. The standard InChI is InChI=1S/C17H23NO3/c19-16(14-9-4-10-15(12-14)17(20)21)18-11-5-8-13-6-2-1-3-7-13/h1-3,6-7,14-15H,4-5,8-12H2,(H,18,19)(H,20,21). The first-order valence-electron chi connectivity index (χ1n) is 7.71. The quantitative estimate of drug-likeness (QED) is 0.791. The van der Waals surface area contributed by atoms with Crippen LogP contribution in [0, 0.1) is 11.8 Å². The number of benzene rings is 1. The molecule has 0 bridgehead atoms. The number of amides is 1. The van der Waals surface area contributed by atoms with Gasteiger partial charge in [0.15, 0.2) is 0 Å². The molecule has 1 amide bonds. The summed E-state index contributed by atoms with van der Waals surface area (Å²) in [7, 11) is 0. The Morgan fingerprint density at radius 3 is 2.57 bits per heavy atom. The van der Waals surface area contributed by atoms with E-state index in [-0.39, 0.29) is 17.7 Å². The van der Waals surface area contributed by atoms with Gasteiger partial charge in [-0.2, -0.15) is 0 Å². The SMILES string of the molecule is O=C(O)C1CCCC(C(=O)NCCCc2ccccc2)C1. The van der Waals surface area contributed by atoms with Gasteiger partial charge in [0.2, 0.25) is 5.91 Å². The zero-order valence-electron chi connectivity index (χ0n) is 12.3. The minimum absolute atomic E-state index is 0.0222. The maximum atomic E-state index is 12.1. The van der Waals surface area contributed by atoms with Crippen molar-refractivity contribution in [2.24, 2.45) is 11.8 Å². The van der Waals surface area contributed by atoms with Crippen molar-refractivity contribution >= 4 is 11.9 Å². The minimum Gasteiger partial charge on any atom is -0.481 e. The number of aliphatic carboxylic acids is 1. The van der Waals surface area contributed by atoms with E-state index in [4.69, 9.17) is 5.11 Å². The van der Waals surface area contributed by atoms with Gasteiger partial charge in [0.05, 0.1) is 5.92 Å². The highest BCUT2D eigenvalue weighted by molar-refractivity contribution is 5.80. The van der Waals surface area contributed by atoms with E-state index in [1.54, 1.807) is 0 Å². The van der Waals surface area contributed by atoms with Crippen molar-refractivity contribution < 1.29 is 14.7 Å². The van der Waals surface area contributed by atoms with Crippen molar-refractivity contribution in [1.29, 1.82) is 0 Å². The second-order valence-electron chi connectivity index (χ2n) is 5.78. The fourth-order valence-electron chi connectivity index (χ4n) is 2.95. The molecule has 2 unspecified atom stereocenters. The molecule has 0 spiro atoms. The number of carboxylic acid groups (broad SMARTS) is 1. The summed E-state index contributed by atoms with van der Waals surface area (Å²) < 4.78 is 0. The predicted octanol–water partition coefficient (Wildman–Crippen LogP) is 2.63. The van der Waals surface area contributed by atoms with Gasteiger partial charge >= 0.3 is 5.97 Å². The summed E-state index contributed by atoms with van der Waals surface area (Å²) in [6, 6.07) is 10.2. The first kappa shape index (κ1) is 15.5. The maximum absolute atomic E-state index is 12.1. The molecule has 2 atom stereocenters. The smallest absolute Gasteiger partial charge is 0.306 e. The fourth-order valence-corrected chi connectivity index (χ4v) is 2.95. The summed E-state index contributed by atoms with van der Waals surface area (Å²) in [6.07, 6.45) is 4.69. The van der Waals surface area contributed by atoms with Crippen LogP contribution in [0.1, 0.15) is 37.7 Å². The Morgan fingerprint density at radius 1 is 1.14 bits per heavy atom. The number of hydrogen-bond donors (Lipinski definition) is 2. The molecule has 0 aromatic heterocycles. The normalized spacial score (nSPS) is 21.7. The van der Waals surface area contributed by atoms with Crippen LogP contribution in [0.25, 0.3) is 0 Å². The third-order valence-corrected chi connectivity index (χ3v) is 4.18. The van der Waals surface area contributed by atoms with E-state index in [1.165, 1.54) is 5.56 Å². The minimum atomic E-state index is -0.767. The molecule has 1 saturated carbocycles. The first-order valence-corrected chi connectivity index (χ1v) is 7.71. The van der Waals surface area contributed by atoms with E-state index in [1.807, 2.05) is 18.2 Å². The largest absolute Gasteiger partial charge is 0.481 e. The Bertz CT molecular complexity index is 472. The second kappa shape index (κ2) is 7.81. The van der Waals surface area contributed by atoms with Gasteiger partial charge in [-0.3, -0.25) is 9.59 Å². The van der Waals surface area contributed by atoms with E-state index >= 15 is 0 Å². The highest BCUT2D eigenvalue weighted by Gasteiger charge is 2.30. The van der Waals surface area contributed by atoms with Gasteiger partial charge in [-0.15, -0.1) is 0 Å². The van der Waals surface area contributed by atoms with Crippen LogP contribution in [0.2, 0.25) is 0 Å². The van der Waals surface area contributed by atoms with Crippen molar-refractivity contribution in [2.45, 2.75) is 38.5 Å². The molecule has 2 rings (SSSR count). The van der Waals surface area contributed by atoms with Crippen LogP contribution in [0.4, 0.5) is 0 Å². The number of rotatable bonds is 6. The van der Waals surface area contributed by atoms with Gasteiger partial charge in [0.1, 0.15) is 0 Å². The Kier molecular flexibility index (Phi) is 5.78. The first-order chi connectivity index (χ1) is 10.2. The van der Waals surface area contributed by atoms with E-state index in [9.17, 15) is 9.59 Å². The average molecular weight is 289 g/mol. The number of carbonyl (C=O) groups is 2. The van der Waals surface area contributed by atoms with Crippen LogP contribution < -0.4 is 5.32 Å². The summed E-state index contributed by atoms with van der Waals surface area (Å²) in [5.41, 5.74) is 1.27. The lowest BCUT2D eigenvalue weighted by atomic mass is 9.81. The molecule has 1 aliphatic rings. The Hall–Kier alpha value is -1.84. The van der Waals surface area contributed by atoms with Crippen LogP contribution in [0.5, 0.6) is 0 Å². The summed E-state index contributed by atoms with van der Waals surface area (Å²) in [5.74, 6) is -1.22. The van der Waals surface area contributed by atoms with Gasteiger partial charge in [0.25, 0.3) is 0 Å². The number of hydrogen-bond acceptors (Lipinski definition) is 2. The molecule has 1 aliphatic carbocycles. The van der Waals surface area contributed by atoms with Gasteiger partial charge < -0.3 is 10.4 Å². The third kappa shape index (κ3) is 4.88. The van der Waals surface area contributed by atoms with E-state index < -0.39 is 5.97 Å². The molecule has 0 aliphatic heterocycles. The van der Waals surface area contributed by atoms with E-state index in [0.29, 0.717) is 19.4 Å². The van der Waals surface area contributed by atoms with Gasteiger partial charge in [-0.05, 0) is 37.7 Å². The summed E-state index contributed by atoms with van der Waals surface area (Å²) in [6.45, 7) is 0.655. The van der Waals surface area contributed by atoms with Crippen molar-refractivity contribution in [3.05, 3.63) is 35.9 Å². The van der Waals surface area contributed by atoms with Crippen molar-refractivity contribution in [3.8, 4) is 0 Å². The summed E-state index contributed by atoms with van der Waals surface area (Å²) in [5, 5.41) is 12.0. The molecule has 4 heteroatoms. The topological polar surface area (TPSA) is 66.4 Å².